The number of aromatic nitrogens is 1. The molecule has 1 aromatic rings. The second kappa shape index (κ2) is 8.38. The zero-order valence-corrected chi connectivity index (χ0v) is 15.9. The van der Waals surface area contributed by atoms with Crippen molar-refractivity contribution in [3.05, 3.63) is 23.9 Å². The number of carbonyl (C=O) groups excluding carboxylic acids is 2. The Labute approximate surface area is 161 Å². The lowest BCUT2D eigenvalue weighted by atomic mass is 10.1. The summed E-state index contributed by atoms with van der Waals surface area (Å²) in [4.78, 5) is 32.0. The van der Waals surface area contributed by atoms with Crippen molar-refractivity contribution in [3.63, 3.8) is 0 Å². The van der Waals surface area contributed by atoms with E-state index in [1.54, 1.807) is 9.80 Å². The highest BCUT2D eigenvalue weighted by atomic mass is 32.2. The van der Waals surface area contributed by atoms with E-state index in [0.29, 0.717) is 38.2 Å². The van der Waals surface area contributed by atoms with E-state index in [2.05, 4.69) is 4.98 Å². The largest absolute Gasteiger partial charge is 0.472 e. The molecule has 154 valence electrons. The first kappa shape index (κ1) is 20.4. The highest BCUT2D eigenvalue weighted by Gasteiger charge is 2.36. The van der Waals surface area contributed by atoms with Gasteiger partial charge in [-0.15, -0.1) is 0 Å². The van der Waals surface area contributed by atoms with Crippen molar-refractivity contribution in [1.82, 2.24) is 14.8 Å². The summed E-state index contributed by atoms with van der Waals surface area (Å²) >= 11 is 0. The van der Waals surface area contributed by atoms with Crippen LogP contribution in [-0.2, 0) is 14.6 Å². The smallest absolute Gasteiger partial charge is 0.272 e. The van der Waals surface area contributed by atoms with E-state index in [0.717, 1.165) is 0 Å². The fourth-order valence-electron chi connectivity index (χ4n) is 3.30. The first-order chi connectivity index (χ1) is 13.2. The van der Waals surface area contributed by atoms with Gasteiger partial charge < -0.3 is 14.5 Å². The molecule has 0 saturated carbocycles. The van der Waals surface area contributed by atoms with Crippen molar-refractivity contribution < 1.29 is 31.5 Å². The van der Waals surface area contributed by atoms with Crippen LogP contribution in [0.2, 0.25) is 0 Å². The molecule has 1 unspecified atom stereocenters. The summed E-state index contributed by atoms with van der Waals surface area (Å²) in [7, 11) is -3.12. The van der Waals surface area contributed by atoms with Crippen molar-refractivity contribution >= 4 is 21.7 Å². The Morgan fingerprint density at radius 3 is 2.39 bits per heavy atom. The molecule has 2 fully saturated rings. The number of sulfone groups is 1. The molecule has 28 heavy (non-hydrogen) atoms. The van der Waals surface area contributed by atoms with Crippen LogP contribution < -0.4 is 4.74 Å². The summed E-state index contributed by atoms with van der Waals surface area (Å²) in [5, 5.41) is 0. The van der Waals surface area contributed by atoms with Crippen LogP contribution in [0.3, 0.4) is 0 Å². The summed E-state index contributed by atoms with van der Waals surface area (Å²) in [6.45, 7) is 0.564. The minimum absolute atomic E-state index is 0.0128. The van der Waals surface area contributed by atoms with Crippen molar-refractivity contribution in [2.24, 2.45) is 5.92 Å². The molecular weight excluding hydrogens is 396 g/mol. The molecule has 11 heteroatoms. The van der Waals surface area contributed by atoms with Gasteiger partial charge in [0.2, 0.25) is 11.8 Å². The third-order valence-electron chi connectivity index (χ3n) is 4.80. The number of rotatable bonds is 5. The minimum Gasteiger partial charge on any atom is -0.472 e. The number of alkyl halides is 2. The topological polar surface area (TPSA) is 96.9 Å². The van der Waals surface area contributed by atoms with E-state index in [4.69, 9.17) is 4.74 Å². The molecule has 2 aliphatic rings. The number of halogens is 2. The van der Waals surface area contributed by atoms with E-state index >= 15 is 0 Å². The van der Waals surface area contributed by atoms with E-state index in [9.17, 15) is 26.8 Å². The van der Waals surface area contributed by atoms with E-state index in [-0.39, 0.29) is 29.2 Å². The van der Waals surface area contributed by atoms with Gasteiger partial charge in [0.1, 0.15) is 0 Å². The van der Waals surface area contributed by atoms with Crippen LogP contribution in [0.4, 0.5) is 8.78 Å². The van der Waals surface area contributed by atoms with Gasteiger partial charge in [0.05, 0.1) is 23.0 Å². The lowest BCUT2D eigenvalue weighted by molar-refractivity contribution is -0.136. The molecule has 1 aromatic heterocycles. The van der Waals surface area contributed by atoms with Crippen molar-refractivity contribution in [2.75, 3.05) is 44.3 Å². The molecule has 2 aliphatic heterocycles. The van der Waals surface area contributed by atoms with Crippen LogP contribution in [0.25, 0.3) is 0 Å². The number of piperazine rings is 1. The van der Waals surface area contributed by atoms with E-state index < -0.39 is 28.8 Å². The Bertz CT molecular complexity index is 824. The summed E-state index contributed by atoms with van der Waals surface area (Å²) in [5.74, 6) is -0.975. The zero-order chi connectivity index (χ0) is 20.3. The molecule has 0 radical (unpaired) electrons. The lowest BCUT2D eigenvalue weighted by Gasteiger charge is -2.35. The maximum Gasteiger partial charge on any atom is 0.272 e. The molecule has 0 spiro atoms. The molecule has 0 bridgehead atoms. The van der Waals surface area contributed by atoms with E-state index in [1.165, 1.54) is 18.3 Å². The Balaban J connectivity index is 1.51. The van der Waals surface area contributed by atoms with Crippen LogP contribution in [-0.4, -0.2) is 85.7 Å². The Morgan fingerprint density at radius 2 is 1.86 bits per heavy atom. The third kappa shape index (κ3) is 4.94. The molecule has 3 rings (SSSR count). The summed E-state index contributed by atoms with van der Waals surface area (Å²) in [6, 6.07) is 2.81. The van der Waals surface area contributed by atoms with Gasteiger partial charge in [-0.3, -0.25) is 9.59 Å². The Kier molecular flexibility index (Phi) is 6.11. The minimum atomic E-state index is -3.12. The molecule has 0 aromatic carbocycles. The molecule has 2 saturated heterocycles. The highest BCUT2D eigenvalue weighted by molar-refractivity contribution is 7.91. The Hall–Kier alpha value is -2.30. The van der Waals surface area contributed by atoms with E-state index in [1.807, 2.05) is 0 Å². The molecule has 3 heterocycles. The van der Waals surface area contributed by atoms with Crippen LogP contribution >= 0.6 is 0 Å². The van der Waals surface area contributed by atoms with Gasteiger partial charge in [-0.25, -0.2) is 22.2 Å². The monoisotopic (exact) mass is 417 g/mol. The van der Waals surface area contributed by atoms with Gasteiger partial charge in [0.15, 0.2) is 16.4 Å². The van der Waals surface area contributed by atoms with Crippen molar-refractivity contribution in [1.29, 1.82) is 0 Å². The molecule has 8 nitrogen and oxygen atoms in total. The average molecular weight is 417 g/mol. The average Bonchev–Trinajstić information content (AvgIpc) is 3.05. The number of nitrogens with zero attached hydrogens (tertiary/aromatic N) is 3. The Morgan fingerprint density at radius 1 is 1.18 bits per heavy atom. The van der Waals surface area contributed by atoms with Crippen LogP contribution in [0, 0.1) is 5.92 Å². The van der Waals surface area contributed by atoms with Crippen LogP contribution in [0.5, 0.6) is 5.88 Å². The van der Waals surface area contributed by atoms with Gasteiger partial charge in [0.25, 0.3) is 12.3 Å². The first-order valence-electron chi connectivity index (χ1n) is 8.90. The SMILES string of the molecule is O=C(c1ccc(OCC(F)F)nc1)N1CCN(C(=O)C2CCS(=O)(=O)C2)CC1. The maximum atomic E-state index is 12.5. The first-order valence-corrected chi connectivity index (χ1v) is 10.7. The number of amides is 2. The summed E-state index contributed by atoms with van der Waals surface area (Å²) in [6.07, 6.45) is -0.984. The normalized spacial score (nSPS) is 21.8. The predicted octanol–water partition coefficient (Wildman–Crippen LogP) is 0.445. The second-order valence-corrected chi connectivity index (χ2v) is 9.03. The second-order valence-electron chi connectivity index (χ2n) is 6.80. The zero-order valence-electron chi connectivity index (χ0n) is 15.1. The number of pyridine rings is 1. The quantitative estimate of drug-likeness (QED) is 0.690. The number of carbonyl (C=O) groups is 2. The number of hydrogen-bond donors (Lipinski definition) is 0. The van der Waals surface area contributed by atoms with Gasteiger partial charge in [-0.05, 0) is 12.5 Å². The fourth-order valence-corrected chi connectivity index (χ4v) is 5.03. The lowest BCUT2D eigenvalue weighted by Crippen LogP contribution is -2.52. The van der Waals surface area contributed by atoms with Gasteiger partial charge in [-0.1, -0.05) is 0 Å². The summed E-state index contributed by atoms with van der Waals surface area (Å²) in [5.41, 5.74) is 0.297. The molecule has 2 amide bonds. The van der Waals surface area contributed by atoms with Crippen LogP contribution in [0.15, 0.2) is 18.3 Å². The molecule has 1 atom stereocenters. The molecular formula is C17H21F2N3O5S. The third-order valence-corrected chi connectivity index (χ3v) is 6.57. The highest BCUT2D eigenvalue weighted by Crippen LogP contribution is 2.22. The predicted molar refractivity (Wildman–Crippen MR) is 95.0 cm³/mol. The van der Waals surface area contributed by atoms with Crippen molar-refractivity contribution in [3.8, 4) is 5.88 Å². The fraction of sp³-hybridized carbons (Fsp3) is 0.588. The summed E-state index contributed by atoms with van der Waals surface area (Å²) < 4.78 is 52.1. The molecule has 0 N–H and O–H groups in total. The van der Waals surface area contributed by atoms with Crippen molar-refractivity contribution in [2.45, 2.75) is 12.8 Å². The standard InChI is InChI=1S/C17H21F2N3O5S/c18-14(19)10-27-15-2-1-12(9-20-15)16(23)21-4-6-22(7-5-21)17(24)13-3-8-28(25,26)11-13/h1-2,9,13-14H,3-8,10-11H2. The number of hydrogen-bond acceptors (Lipinski definition) is 6. The number of ether oxygens (including phenoxy) is 1. The van der Waals surface area contributed by atoms with Gasteiger partial charge in [-0.2, -0.15) is 0 Å². The van der Waals surface area contributed by atoms with Crippen LogP contribution in [0.1, 0.15) is 16.8 Å². The van der Waals surface area contributed by atoms with Gasteiger partial charge >= 0.3 is 0 Å². The maximum absolute atomic E-state index is 12.5. The molecule has 0 aliphatic carbocycles. The van der Waals surface area contributed by atoms with Gasteiger partial charge in [0, 0.05) is 38.4 Å².